The lowest BCUT2D eigenvalue weighted by Crippen LogP contribution is -2.27. The molecule has 0 fully saturated rings. The van der Waals surface area contributed by atoms with Crippen molar-refractivity contribution in [1.82, 2.24) is 0 Å². The van der Waals surface area contributed by atoms with Crippen molar-refractivity contribution in [3.63, 3.8) is 0 Å². The maximum atomic E-state index is 12.3. The largest absolute Gasteiger partial charge is 0.293 e. The topological polar surface area (TPSA) is 17.1 Å². The van der Waals surface area contributed by atoms with E-state index in [1.54, 1.807) is 0 Å². The van der Waals surface area contributed by atoms with Gasteiger partial charge in [0.05, 0.1) is 0 Å². The standard InChI is InChI=1S/C14H16O/c1-14(10-6-3-7-11-14)13(15)12-8-4-2-5-9-12/h2,4-6,8-10H,3,7,11H2,1H3. The summed E-state index contributed by atoms with van der Waals surface area (Å²) in [6.07, 6.45) is 7.40. The second-order valence-corrected chi connectivity index (χ2v) is 4.41. The zero-order valence-corrected chi connectivity index (χ0v) is 9.07. The molecule has 0 aliphatic heterocycles. The SMILES string of the molecule is CC1(C(=O)c2ccccc2)C=CCCC1. The third-order valence-electron chi connectivity index (χ3n) is 3.11. The van der Waals surface area contributed by atoms with Gasteiger partial charge in [-0.05, 0) is 26.2 Å². The molecule has 1 aliphatic rings. The van der Waals surface area contributed by atoms with E-state index in [9.17, 15) is 4.79 Å². The summed E-state index contributed by atoms with van der Waals surface area (Å²) in [7, 11) is 0. The maximum Gasteiger partial charge on any atom is 0.172 e. The Morgan fingerprint density at radius 1 is 1.27 bits per heavy atom. The van der Waals surface area contributed by atoms with Gasteiger partial charge in [0.1, 0.15) is 0 Å². The molecule has 15 heavy (non-hydrogen) atoms. The van der Waals surface area contributed by atoms with Crippen LogP contribution in [0.1, 0.15) is 36.5 Å². The fraction of sp³-hybridized carbons (Fsp3) is 0.357. The molecule has 0 saturated heterocycles. The third kappa shape index (κ3) is 2.01. The van der Waals surface area contributed by atoms with Crippen LogP contribution in [-0.2, 0) is 0 Å². The molecule has 0 spiro atoms. The predicted molar refractivity (Wildman–Crippen MR) is 61.9 cm³/mol. The van der Waals surface area contributed by atoms with Crippen LogP contribution in [0.15, 0.2) is 42.5 Å². The number of allylic oxidation sites excluding steroid dienone is 2. The number of rotatable bonds is 2. The normalized spacial score (nSPS) is 25.1. The van der Waals surface area contributed by atoms with Gasteiger partial charge in [0.15, 0.2) is 5.78 Å². The Kier molecular flexibility index (Phi) is 2.72. The minimum atomic E-state index is -0.278. The van der Waals surface area contributed by atoms with Crippen LogP contribution in [0.5, 0.6) is 0 Å². The summed E-state index contributed by atoms with van der Waals surface area (Å²) >= 11 is 0. The molecule has 1 unspecified atom stereocenters. The number of benzene rings is 1. The van der Waals surface area contributed by atoms with Crippen LogP contribution in [0.3, 0.4) is 0 Å². The summed E-state index contributed by atoms with van der Waals surface area (Å²) in [5.41, 5.74) is 0.547. The quantitative estimate of drug-likeness (QED) is 0.526. The van der Waals surface area contributed by atoms with Crippen molar-refractivity contribution >= 4 is 5.78 Å². The van der Waals surface area contributed by atoms with Crippen LogP contribution < -0.4 is 0 Å². The second kappa shape index (κ2) is 4.01. The van der Waals surface area contributed by atoms with Gasteiger partial charge in [-0.3, -0.25) is 4.79 Å². The van der Waals surface area contributed by atoms with Gasteiger partial charge >= 0.3 is 0 Å². The van der Waals surface area contributed by atoms with Gasteiger partial charge in [0.2, 0.25) is 0 Å². The van der Waals surface area contributed by atoms with Gasteiger partial charge in [0.25, 0.3) is 0 Å². The summed E-state index contributed by atoms with van der Waals surface area (Å²) in [6.45, 7) is 2.04. The van der Waals surface area contributed by atoms with E-state index in [2.05, 4.69) is 12.2 Å². The molecule has 1 aliphatic carbocycles. The molecular weight excluding hydrogens is 184 g/mol. The van der Waals surface area contributed by atoms with E-state index in [4.69, 9.17) is 0 Å². The van der Waals surface area contributed by atoms with E-state index in [-0.39, 0.29) is 11.2 Å². The Bertz CT molecular complexity index is 378. The Balaban J connectivity index is 2.28. The molecule has 0 amide bonds. The highest BCUT2D eigenvalue weighted by atomic mass is 16.1. The number of carbonyl (C=O) groups is 1. The minimum Gasteiger partial charge on any atom is -0.293 e. The van der Waals surface area contributed by atoms with Crippen molar-refractivity contribution in [3.8, 4) is 0 Å². The maximum absolute atomic E-state index is 12.3. The molecule has 0 bridgehead atoms. The molecule has 0 saturated carbocycles. The Morgan fingerprint density at radius 2 is 2.00 bits per heavy atom. The smallest absolute Gasteiger partial charge is 0.172 e. The molecule has 78 valence electrons. The van der Waals surface area contributed by atoms with E-state index >= 15 is 0 Å². The Morgan fingerprint density at radius 3 is 2.60 bits per heavy atom. The molecule has 1 aromatic carbocycles. The summed E-state index contributed by atoms with van der Waals surface area (Å²) in [5, 5.41) is 0. The van der Waals surface area contributed by atoms with E-state index in [0.717, 1.165) is 24.8 Å². The molecule has 2 rings (SSSR count). The fourth-order valence-electron chi connectivity index (χ4n) is 2.12. The minimum absolute atomic E-state index is 0.249. The van der Waals surface area contributed by atoms with E-state index in [1.807, 2.05) is 37.3 Å². The molecule has 1 aromatic rings. The molecule has 0 radical (unpaired) electrons. The summed E-state index contributed by atoms with van der Waals surface area (Å²) in [6, 6.07) is 9.58. The first-order valence-corrected chi connectivity index (χ1v) is 5.50. The van der Waals surface area contributed by atoms with Crippen molar-refractivity contribution in [1.29, 1.82) is 0 Å². The van der Waals surface area contributed by atoms with Crippen molar-refractivity contribution in [2.45, 2.75) is 26.2 Å². The molecule has 1 nitrogen and oxygen atoms in total. The average molecular weight is 200 g/mol. The van der Waals surface area contributed by atoms with Gasteiger partial charge in [0, 0.05) is 11.0 Å². The molecule has 0 aromatic heterocycles. The van der Waals surface area contributed by atoms with E-state index in [1.165, 1.54) is 0 Å². The van der Waals surface area contributed by atoms with Crippen LogP contribution in [-0.4, -0.2) is 5.78 Å². The second-order valence-electron chi connectivity index (χ2n) is 4.41. The molecule has 1 heteroatoms. The number of Topliss-reactive ketones (excluding diaryl/α,β-unsaturated/α-hetero) is 1. The summed E-state index contributed by atoms with van der Waals surface area (Å²) in [4.78, 5) is 12.3. The van der Waals surface area contributed by atoms with Gasteiger partial charge in [-0.1, -0.05) is 42.5 Å². The predicted octanol–water partition coefficient (Wildman–Crippen LogP) is 3.62. The van der Waals surface area contributed by atoms with E-state index < -0.39 is 0 Å². The number of hydrogen-bond acceptors (Lipinski definition) is 1. The fourth-order valence-corrected chi connectivity index (χ4v) is 2.12. The Labute approximate surface area is 90.8 Å². The summed E-state index contributed by atoms with van der Waals surface area (Å²) < 4.78 is 0. The highest BCUT2D eigenvalue weighted by Crippen LogP contribution is 2.33. The van der Waals surface area contributed by atoms with Gasteiger partial charge in [-0.25, -0.2) is 0 Å². The van der Waals surface area contributed by atoms with Crippen LogP contribution in [0.4, 0.5) is 0 Å². The monoisotopic (exact) mass is 200 g/mol. The van der Waals surface area contributed by atoms with Crippen LogP contribution >= 0.6 is 0 Å². The van der Waals surface area contributed by atoms with E-state index in [0.29, 0.717) is 0 Å². The van der Waals surface area contributed by atoms with Crippen molar-refractivity contribution in [2.24, 2.45) is 5.41 Å². The first-order chi connectivity index (χ1) is 7.22. The lowest BCUT2D eigenvalue weighted by molar-refractivity contribution is 0.0853. The van der Waals surface area contributed by atoms with Gasteiger partial charge < -0.3 is 0 Å². The van der Waals surface area contributed by atoms with Crippen LogP contribution in [0.25, 0.3) is 0 Å². The molecule has 0 heterocycles. The summed E-state index contributed by atoms with van der Waals surface area (Å²) in [5.74, 6) is 0.249. The third-order valence-corrected chi connectivity index (χ3v) is 3.11. The van der Waals surface area contributed by atoms with Crippen molar-refractivity contribution in [3.05, 3.63) is 48.0 Å². The average Bonchev–Trinajstić information content (AvgIpc) is 2.30. The van der Waals surface area contributed by atoms with Crippen LogP contribution in [0, 0.1) is 5.41 Å². The first-order valence-electron chi connectivity index (χ1n) is 5.50. The van der Waals surface area contributed by atoms with Gasteiger partial charge in [-0.2, -0.15) is 0 Å². The lowest BCUT2D eigenvalue weighted by Gasteiger charge is -2.27. The zero-order chi connectivity index (χ0) is 10.7. The van der Waals surface area contributed by atoms with Gasteiger partial charge in [-0.15, -0.1) is 0 Å². The molecular formula is C14H16O. The molecule has 1 atom stereocenters. The highest BCUT2D eigenvalue weighted by Gasteiger charge is 2.31. The number of carbonyl (C=O) groups excluding carboxylic acids is 1. The lowest BCUT2D eigenvalue weighted by atomic mass is 9.75. The molecule has 0 N–H and O–H groups in total. The van der Waals surface area contributed by atoms with Crippen molar-refractivity contribution in [2.75, 3.05) is 0 Å². The first kappa shape index (κ1) is 10.2. The van der Waals surface area contributed by atoms with Crippen molar-refractivity contribution < 1.29 is 4.79 Å². The Hall–Kier alpha value is -1.37. The zero-order valence-electron chi connectivity index (χ0n) is 9.07. The number of ketones is 1. The highest BCUT2D eigenvalue weighted by molar-refractivity contribution is 6.01. The van der Waals surface area contributed by atoms with Crippen LogP contribution in [0.2, 0.25) is 0 Å². The number of hydrogen-bond donors (Lipinski definition) is 0.